The molecule has 0 spiro atoms. The lowest BCUT2D eigenvalue weighted by molar-refractivity contribution is -0.185. The molecule has 0 amide bonds. The van der Waals surface area contributed by atoms with Gasteiger partial charge in [0.05, 0.1) is 9.13 Å². The molecule has 9 heteroatoms. The number of halogens is 8. The first-order chi connectivity index (χ1) is 13.1. The van der Waals surface area contributed by atoms with Crippen molar-refractivity contribution in [1.82, 2.24) is 0 Å². The molecule has 0 saturated carbocycles. The third-order valence-electron chi connectivity index (χ3n) is 3.77. The summed E-state index contributed by atoms with van der Waals surface area (Å²) in [5, 5.41) is 0. The summed E-state index contributed by atoms with van der Waals surface area (Å²) in [7, 11) is 0. The smallest absolute Gasteiger partial charge is 0.426 e. The van der Waals surface area contributed by atoms with Crippen molar-refractivity contribution in [1.29, 1.82) is 0 Å². The van der Waals surface area contributed by atoms with E-state index >= 15 is 0 Å². The van der Waals surface area contributed by atoms with Gasteiger partial charge in [0.25, 0.3) is 0 Å². The highest BCUT2D eigenvalue weighted by Crippen LogP contribution is 2.34. The summed E-state index contributed by atoms with van der Waals surface area (Å²) in [6.45, 7) is 0. The molecule has 0 unspecified atom stereocenters. The topological polar surface area (TPSA) is 9.23 Å². The molecule has 0 saturated heterocycles. The lowest BCUT2D eigenvalue weighted by Gasteiger charge is -2.19. The third kappa shape index (κ3) is 3.94. The fourth-order valence-electron chi connectivity index (χ4n) is 2.39. The second-order valence-electron chi connectivity index (χ2n) is 5.62. The Morgan fingerprint density at radius 2 is 1.29 bits per heavy atom. The van der Waals surface area contributed by atoms with Crippen LogP contribution in [0, 0.1) is 32.7 Å². The highest BCUT2D eigenvalue weighted by molar-refractivity contribution is 14.1. The maximum atomic E-state index is 14.2. The summed E-state index contributed by atoms with van der Waals surface area (Å²) in [6.07, 6.45) is -4.02. The van der Waals surface area contributed by atoms with Crippen LogP contribution in [0.2, 0.25) is 0 Å². The molecule has 0 N–H and O–H groups in total. The molecule has 0 aliphatic rings. The SMILES string of the molecule is Fc1cc(OC(F)(F)c2ccc(-c3ccc(I)c(F)c3F)cc2)cc(F)c1F. The lowest BCUT2D eigenvalue weighted by Crippen LogP contribution is -2.22. The van der Waals surface area contributed by atoms with Crippen LogP contribution in [0.25, 0.3) is 11.1 Å². The highest BCUT2D eigenvalue weighted by Gasteiger charge is 2.35. The third-order valence-corrected chi connectivity index (χ3v) is 4.60. The number of rotatable bonds is 4. The number of alkyl halides is 2. The van der Waals surface area contributed by atoms with Crippen LogP contribution in [0.5, 0.6) is 5.75 Å². The van der Waals surface area contributed by atoms with E-state index in [1.807, 2.05) is 0 Å². The Kier molecular flexibility index (Phi) is 5.55. The van der Waals surface area contributed by atoms with E-state index in [9.17, 15) is 30.7 Å². The van der Waals surface area contributed by atoms with Crippen molar-refractivity contribution in [2.75, 3.05) is 0 Å². The Bertz CT molecular complexity index is 1010. The molecule has 0 bridgehead atoms. The standard InChI is InChI=1S/C19H8F7IO/c20-13-7-11(8-14(21)17(13)23)28-19(25,26)10-3-1-9(2-4-10)12-5-6-15(27)18(24)16(12)22/h1-8H. The Hall–Kier alpha value is -2.30. The molecule has 0 aliphatic carbocycles. The average Bonchev–Trinajstić information content (AvgIpc) is 2.64. The van der Waals surface area contributed by atoms with Crippen LogP contribution in [0.15, 0.2) is 48.5 Å². The van der Waals surface area contributed by atoms with Crippen molar-refractivity contribution < 1.29 is 35.5 Å². The summed E-state index contributed by atoms with van der Waals surface area (Å²) < 4.78 is 99.7. The largest absolute Gasteiger partial charge is 0.429 e. The molecule has 0 heterocycles. The van der Waals surface area contributed by atoms with Crippen molar-refractivity contribution in [2.45, 2.75) is 6.11 Å². The Morgan fingerprint density at radius 3 is 1.86 bits per heavy atom. The van der Waals surface area contributed by atoms with E-state index in [0.29, 0.717) is 0 Å². The molecule has 0 radical (unpaired) electrons. The Labute approximate surface area is 167 Å². The first kappa shape index (κ1) is 20.4. The molecule has 0 aliphatic heterocycles. The lowest BCUT2D eigenvalue weighted by atomic mass is 10.0. The van der Waals surface area contributed by atoms with Gasteiger partial charge in [0, 0.05) is 17.7 Å². The van der Waals surface area contributed by atoms with E-state index in [1.165, 1.54) is 12.1 Å². The summed E-state index contributed by atoms with van der Waals surface area (Å²) in [5.74, 6) is -8.28. The van der Waals surface area contributed by atoms with E-state index in [-0.39, 0.29) is 26.8 Å². The van der Waals surface area contributed by atoms with E-state index < -0.39 is 46.5 Å². The second-order valence-corrected chi connectivity index (χ2v) is 6.78. The van der Waals surface area contributed by atoms with Crippen LogP contribution in [0.3, 0.4) is 0 Å². The molecule has 3 aromatic rings. The summed E-state index contributed by atoms with van der Waals surface area (Å²) in [6, 6.07) is 7.20. The number of ether oxygens (including phenoxy) is 1. The van der Waals surface area contributed by atoms with Crippen molar-refractivity contribution in [3.05, 3.63) is 86.8 Å². The number of benzene rings is 3. The van der Waals surface area contributed by atoms with Gasteiger partial charge < -0.3 is 4.74 Å². The predicted molar refractivity (Wildman–Crippen MR) is 95.3 cm³/mol. The van der Waals surface area contributed by atoms with Crippen LogP contribution >= 0.6 is 22.6 Å². The number of hydrogen-bond donors (Lipinski definition) is 0. The highest BCUT2D eigenvalue weighted by atomic mass is 127. The summed E-state index contributed by atoms with van der Waals surface area (Å²) in [5.41, 5.74) is -0.713. The molecular weight excluding hydrogens is 504 g/mol. The first-order valence-corrected chi connectivity index (χ1v) is 8.64. The quantitative estimate of drug-likeness (QED) is 0.213. The molecule has 3 aromatic carbocycles. The van der Waals surface area contributed by atoms with Crippen molar-refractivity contribution in [3.8, 4) is 16.9 Å². The fraction of sp³-hybridized carbons (Fsp3) is 0.0526. The van der Waals surface area contributed by atoms with Gasteiger partial charge in [-0.2, -0.15) is 8.78 Å². The molecule has 0 fully saturated rings. The van der Waals surface area contributed by atoms with Gasteiger partial charge in [-0.3, -0.25) is 0 Å². The van der Waals surface area contributed by atoms with Gasteiger partial charge in [-0.05, 0) is 46.4 Å². The predicted octanol–water partition coefficient (Wildman–Crippen LogP) is 6.78. The molecule has 146 valence electrons. The van der Waals surface area contributed by atoms with E-state index in [4.69, 9.17) is 0 Å². The average molecular weight is 512 g/mol. The summed E-state index contributed by atoms with van der Waals surface area (Å²) >= 11 is 1.61. The number of hydrogen-bond acceptors (Lipinski definition) is 1. The van der Waals surface area contributed by atoms with Crippen LogP contribution in [-0.4, -0.2) is 0 Å². The minimum absolute atomic E-state index is 0.0640. The molecule has 1 nitrogen and oxygen atoms in total. The Balaban J connectivity index is 1.89. The maximum Gasteiger partial charge on any atom is 0.426 e. The normalized spacial score (nSPS) is 11.6. The Morgan fingerprint density at radius 1 is 0.714 bits per heavy atom. The molecule has 0 aromatic heterocycles. The zero-order valence-electron chi connectivity index (χ0n) is 13.6. The second kappa shape index (κ2) is 7.61. The molecular formula is C19H8F7IO. The molecule has 3 rings (SSSR count). The van der Waals surface area contributed by atoms with Gasteiger partial charge in [0.1, 0.15) is 5.75 Å². The van der Waals surface area contributed by atoms with E-state index in [2.05, 4.69) is 4.74 Å². The van der Waals surface area contributed by atoms with E-state index in [0.717, 1.165) is 24.3 Å². The monoisotopic (exact) mass is 512 g/mol. The minimum Gasteiger partial charge on any atom is -0.429 e. The van der Waals surface area contributed by atoms with Gasteiger partial charge in [0.15, 0.2) is 29.1 Å². The maximum absolute atomic E-state index is 14.2. The van der Waals surface area contributed by atoms with Crippen LogP contribution in [-0.2, 0) is 6.11 Å². The van der Waals surface area contributed by atoms with Crippen LogP contribution in [0.4, 0.5) is 30.7 Å². The van der Waals surface area contributed by atoms with Crippen molar-refractivity contribution in [3.63, 3.8) is 0 Å². The van der Waals surface area contributed by atoms with Crippen LogP contribution in [0.1, 0.15) is 5.56 Å². The fourth-order valence-corrected chi connectivity index (χ4v) is 2.81. The van der Waals surface area contributed by atoms with Gasteiger partial charge in [-0.15, -0.1) is 0 Å². The van der Waals surface area contributed by atoms with Crippen molar-refractivity contribution >= 4 is 22.6 Å². The van der Waals surface area contributed by atoms with Crippen molar-refractivity contribution in [2.24, 2.45) is 0 Å². The van der Waals surface area contributed by atoms with Crippen LogP contribution < -0.4 is 4.74 Å². The van der Waals surface area contributed by atoms with E-state index in [1.54, 1.807) is 22.6 Å². The van der Waals surface area contributed by atoms with Gasteiger partial charge >= 0.3 is 6.11 Å². The zero-order valence-corrected chi connectivity index (χ0v) is 15.7. The minimum atomic E-state index is -4.02. The summed E-state index contributed by atoms with van der Waals surface area (Å²) in [4.78, 5) is 0. The van der Waals surface area contributed by atoms with Gasteiger partial charge in [0.2, 0.25) is 0 Å². The molecule has 28 heavy (non-hydrogen) atoms. The molecule has 0 atom stereocenters. The zero-order chi connectivity index (χ0) is 20.6. The first-order valence-electron chi connectivity index (χ1n) is 7.56. The van der Waals surface area contributed by atoms with Gasteiger partial charge in [-0.25, -0.2) is 22.0 Å². The van der Waals surface area contributed by atoms with Gasteiger partial charge in [-0.1, -0.05) is 18.2 Å².